The Morgan fingerprint density at radius 2 is 1.72 bits per heavy atom. The molecule has 0 unspecified atom stereocenters. The van der Waals surface area contributed by atoms with Crippen LogP contribution < -0.4 is 10.5 Å². The van der Waals surface area contributed by atoms with Crippen molar-refractivity contribution >= 4 is 0 Å². The molecule has 0 aromatic heterocycles. The summed E-state index contributed by atoms with van der Waals surface area (Å²) in [6.45, 7) is 6.36. The van der Waals surface area contributed by atoms with Crippen molar-refractivity contribution in [2.24, 2.45) is 5.73 Å². The first-order valence-corrected chi connectivity index (χ1v) is 9.31. The number of nitrogens with two attached hydrogens (primary N) is 1. The molecule has 0 fully saturated rings. The van der Waals surface area contributed by atoms with Crippen LogP contribution >= 0.6 is 0 Å². The van der Waals surface area contributed by atoms with E-state index in [1.165, 1.54) is 12.1 Å². The van der Waals surface area contributed by atoms with Gasteiger partial charge >= 0.3 is 6.18 Å². The quantitative estimate of drug-likeness (QED) is 0.483. The first kappa shape index (κ1) is 21.8. The maximum absolute atomic E-state index is 13.3. The number of hydrogen-bond acceptors (Lipinski definition) is 2. The summed E-state index contributed by atoms with van der Waals surface area (Å²) in [6.07, 6.45) is 2.71. The summed E-state index contributed by atoms with van der Waals surface area (Å²) >= 11 is 0. The lowest BCUT2D eigenvalue weighted by molar-refractivity contribution is -0.139. The van der Waals surface area contributed by atoms with Gasteiger partial charge in [0.15, 0.2) is 0 Å². The number of unbranched alkanes of at least 4 members (excludes halogenated alkanes) is 4. The normalized spacial score (nSPS) is 14.4. The van der Waals surface area contributed by atoms with Gasteiger partial charge in [0, 0.05) is 5.54 Å². The summed E-state index contributed by atoms with van der Waals surface area (Å²) in [5.41, 5.74) is 5.69. The Labute approximate surface area is 149 Å². The summed E-state index contributed by atoms with van der Waals surface area (Å²) in [5.74, 6) is -0.0715. The van der Waals surface area contributed by atoms with Gasteiger partial charge in [-0.3, -0.25) is 0 Å². The fraction of sp³-hybridized carbons (Fsp3) is 0.700. The third-order valence-corrected chi connectivity index (χ3v) is 4.65. The van der Waals surface area contributed by atoms with Gasteiger partial charge in [-0.05, 0) is 50.3 Å². The van der Waals surface area contributed by atoms with E-state index in [0.29, 0.717) is 25.0 Å². The average Bonchev–Trinajstić information content (AvgIpc) is 2.56. The van der Waals surface area contributed by atoms with E-state index in [4.69, 9.17) is 10.5 Å². The van der Waals surface area contributed by atoms with Crippen LogP contribution in [-0.4, -0.2) is 12.1 Å². The summed E-state index contributed by atoms with van der Waals surface area (Å²) in [5, 5.41) is 0. The molecule has 2 nitrogen and oxygen atoms in total. The molecule has 25 heavy (non-hydrogen) atoms. The van der Waals surface area contributed by atoms with Crippen LogP contribution in [-0.2, 0) is 12.6 Å². The summed E-state index contributed by atoms with van der Waals surface area (Å²) in [7, 11) is 0. The van der Waals surface area contributed by atoms with Gasteiger partial charge < -0.3 is 10.5 Å². The molecule has 0 spiro atoms. The predicted octanol–water partition coefficient (Wildman–Crippen LogP) is 6.11. The Morgan fingerprint density at radius 1 is 1.04 bits per heavy atom. The van der Waals surface area contributed by atoms with E-state index < -0.39 is 11.7 Å². The molecule has 0 heterocycles. The highest BCUT2D eigenvalue weighted by atomic mass is 19.4. The van der Waals surface area contributed by atoms with Gasteiger partial charge in [-0.25, -0.2) is 0 Å². The molecule has 0 bridgehead atoms. The van der Waals surface area contributed by atoms with E-state index in [1.807, 2.05) is 13.8 Å². The molecule has 144 valence electrons. The molecule has 5 heteroatoms. The molecule has 0 saturated carbocycles. The van der Waals surface area contributed by atoms with Crippen LogP contribution in [0.5, 0.6) is 5.75 Å². The smallest absolute Gasteiger partial charge is 0.419 e. The fourth-order valence-electron chi connectivity index (χ4n) is 2.57. The molecule has 0 saturated heterocycles. The van der Waals surface area contributed by atoms with Gasteiger partial charge in [-0.2, -0.15) is 13.2 Å². The minimum absolute atomic E-state index is 0.0715. The molecule has 0 aliphatic heterocycles. The summed E-state index contributed by atoms with van der Waals surface area (Å²) in [4.78, 5) is 0. The van der Waals surface area contributed by atoms with Crippen LogP contribution in [0, 0.1) is 0 Å². The third-order valence-electron chi connectivity index (χ3n) is 4.65. The SMILES string of the molecule is CCCCCCCOc1ccc(CC[C@@](C)(N)CC)cc1C(F)(F)F. The summed E-state index contributed by atoms with van der Waals surface area (Å²) < 4.78 is 45.4. The van der Waals surface area contributed by atoms with Crippen LogP contribution in [0.4, 0.5) is 13.2 Å². The Kier molecular flexibility index (Phi) is 8.77. The van der Waals surface area contributed by atoms with E-state index in [2.05, 4.69) is 6.92 Å². The fourth-order valence-corrected chi connectivity index (χ4v) is 2.57. The van der Waals surface area contributed by atoms with Crippen LogP contribution in [0.1, 0.15) is 76.8 Å². The Hall–Kier alpha value is -1.23. The zero-order chi connectivity index (χ0) is 18.9. The van der Waals surface area contributed by atoms with E-state index >= 15 is 0 Å². The highest BCUT2D eigenvalue weighted by molar-refractivity contribution is 5.39. The second-order valence-corrected chi connectivity index (χ2v) is 7.10. The van der Waals surface area contributed by atoms with Crippen molar-refractivity contribution in [3.63, 3.8) is 0 Å². The zero-order valence-electron chi connectivity index (χ0n) is 15.7. The van der Waals surface area contributed by atoms with Crippen molar-refractivity contribution in [3.8, 4) is 5.75 Å². The number of halogens is 3. The molecule has 1 aromatic carbocycles. The Balaban J connectivity index is 2.72. The van der Waals surface area contributed by atoms with Crippen molar-refractivity contribution in [2.75, 3.05) is 6.61 Å². The molecule has 1 aromatic rings. The van der Waals surface area contributed by atoms with E-state index in [-0.39, 0.29) is 11.3 Å². The molecule has 1 atom stereocenters. The molecule has 0 amide bonds. The van der Waals surface area contributed by atoms with Gasteiger partial charge in [0.1, 0.15) is 5.75 Å². The molecule has 0 aliphatic carbocycles. The van der Waals surface area contributed by atoms with Gasteiger partial charge in [0.25, 0.3) is 0 Å². The average molecular weight is 359 g/mol. The van der Waals surface area contributed by atoms with Crippen molar-refractivity contribution in [2.45, 2.75) is 83.9 Å². The number of hydrogen-bond donors (Lipinski definition) is 1. The highest BCUT2D eigenvalue weighted by Crippen LogP contribution is 2.37. The van der Waals surface area contributed by atoms with Gasteiger partial charge in [0.05, 0.1) is 12.2 Å². The third kappa shape index (κ3) is 8.13. The largest absolute Gasteiger partial charge is 0.493 e. The molecular formula is C20H32F3NO. The Bertz CT molecular complexity index is 512. The number of rotatable bonds is 11. The lowest BCUT2D eigenvalue weighted by Gasteiger charge is -2.23. The van der Waals surface area contributed by atoms with Crippen molar-refractivity contribution in [3.05, 3.63) is 29.3 Å². The monoisotopic (exact) mass is 359 g/mol. The lowest BCUT2D eigenvalue weighted by atomic mass is 9.91. The molecular weight excluding hydrogens is 327 g/mol. The second kappa shape index (κ2) is 10.0. The topological polar surface area (TPSA) is 35.2 Å². The molecule has 0 radical (unpaired) electrons. The van der Waals surface area contributed by atoms with Crippen molar-refractivity contribution in [1.29, 1.82) is 0 Å². The van der Waals surface area contributed by atoms with Gasteiger partial charge in [-0.1, -0.05) is 45.6 Å². The van der Waals surface area contributed by atoms with E-state index in [0.717, 1.165) is 38.5 Å². The van der Waals surface area contributed by atoms with Crippen LogP contribution in [0.2, 0.25) is 0 Å². The minimum atomic E-state index is -4.41. The predicted molar refractivity (Wildman–Crippen MR) is 96.9 cm³/mol. The second-order valence-electron chi connectivity index (χ2n) is 7.10. The van der Waals surface area contributed by atoms with E-state index in [9.17, 15) is 13.2 Å². The van der Waals surface area contributed by atoms with Crippen molar-refractivity contribution < 1.29 is 17.9 Å². The van der Waals surface area contributed by atoms with Crippen LogP contribution in [0.25, 0.3) is 0 Å². The number of alkyl halides is 3. The first-order chi connectivity index (χ1) is 11.7. The lowest BCUT2D eigenvalue weighted by Crippen LogP contribution is -2.35. The maximum atomic E-state index is 13.3. The minimum Gasteiger partial charge on any atom is -0.493 e. The van der Waals surface area contributed by atoms with E-state index in [1.54, 1.807) is 6.07 Å². The number of ether oxygens (including phenoxy) is 1. The van der Waals surface area contributed by atoms with Crippen molar-refractivity contribution in [1.82, 2.24) is 0 Å². The molecule has 2 N–H and O–H groups in total. The highest BCUT2D eigenvalue weighted by Gasteiger charge is 2.34. The molecule has 1 rings (SSSR count). The summed E-state index contributed by atoms with van der Waals surface area (Å²) in [6, 6.07) is 4.37. The first-order valence-electron chi connectivity index (χ1n) is 9.31. The van der Waals surface area contributed by atoms with Crippen LogP contribution in [0.3, 0.4) is 0 Å². The van der Waals surface area contributed by atoms with Gasteiger partial charge in [0.2, 0.25) is 0 Å². The van der Waals surface area contributed by atoms with Crippen LogP contribution in [0.15, 0.2) is 18.2 Å². The maximum Gasteiger partial charge on any atom is 0.419 e. The van der Waals surface area contributed by atoms with Gasteiger partial charge in [-0.15, -0.1) is 0 Å². The zero-order valence-corrected chi connectivity index (χ0v) is 15.7. The Morgan fingerprint density at radius 3 is 2.32 bits per heavy atom. The number of aryl methyl sites for hydroxylation is 1. The standard InChI is InChI=1S/C20H32F3NO/c1-4-6-7-8-9-14-25-18-11-10-16(12-13-19(3,24)5-2)15-17(18)20(21,22)23/h10-11,15H,4-9,12-14,24H2,1-3H3/t19-/m0/s1. The molecule has 0 aliphatic rings. The number of benzene rings is 1.